The normalized spacial score (nSPS) is 14.0. The van der Waals surface area contributed by atoms with Crippen LogP contribution in [0.1, 0.15) is 28.8 Å². The number of aromatic nitrogens is 2. The summed E-state index contributed by atoms with van der Waals surface area (Å²) >= 11 is 1.55. The van der Waals surface area contributed by atoms with Gasteiger partial charge in [-0.1, -0.05) is 6.07 Å². The molecule has 2 heterocycles. The Labute approximate surface area is 151 Å². The van der Waals surface area contributed by atoms with Crippen LogP contribution in [-0.4, -0.2) is 25.9 Å². The highest BCUT2D eigenvalue weighted by Crippen LogP contribution is 2.33. The summed E-state index contributed by atoms with van der Waals surface area (Å²) in [5, 5.41) is 25.5. The summed E-state index contributed by atoms with van der Waals surface area (Å²) in [5.41, 5.74) is 0.535. The second-order valence-corrected chi connectivity index (χ2v) is 7.09. The quantitative estimate of drug-likeness (QED) is 0.433. The molecule has 3 aromatic rings. The molecule has 0 spiro atoms. The number of hydrogen-bond donors (Lipinski definition) is 1. The minimum atomic E-state index is -0.676. The number of phenols is 1. The third-order valence-corrected chi connectivity index (χ3v) is 5.62. The van der Waals surface area contributed by atoms with Gasteiger partial charge in [0.25, 0.3) is 5.56 Å². The summed E-state index contributed by atoms with van der Waals surface area (Å²) in [6, 6.07) is 4.12. The van der Waals surface area contributed by atoms with Gasteiger partial charge in [0.05, 0.1) is 16.5 Å². The van der Waals surface area contributed by atoms with Gasteiger partial charge < -0.3 is 5.11 Å². The van der Waals surface area contributed by atoms with Crippen molar-refractivity contribution in [1.29, 1.82) is 0 Å². The van der Waals surface area contributed by atoms with E-state index in [0.29, 0.717) is 10.2 Å². The van der Waals surface area contributed by atoms with Gasteiger partial charge in [-0.2, -0.15) is 9.78 Å². The van der Waals surface area contributed by atoms with E-state index in [1.54, 1.807) is 11.3 Å². The van der Waals surface area contributed by atoms with E-state index in [1.165, 1.54) is 35.6 Å². The predicted molar refractivity (Wildman–Crippen MR) is 98.3 cm³/mol. The van der Waals surface area contributed by atoms with Gasteiger partial charge in [0.2, 0.25) is 5.75 Å². The fourth-order valence-corrected chi connectivity index (χ4v) is 4.36. The Kier molecular flexibility index (Phi) is 4.00. The van der Waals surface area contributed by atoms with Crippen molar-refractivity contribution in [2.24, 2.45) is 5.10 Å². The molecule has 9 heteroatoms. The molecule has 0 fully saturated rings. The predicted octanol–water partition coefficient (Wildman–Crippen LogP) is 2.83. The van der Waals surface area contributed by atoms with E-state index in [0.717, 1.165) is 35.9 Å². The minimum absolute atomic E-state index is 0.151. The molecule has 1 aliphatic carbocycles. The Hall–Kier alpha value is -3.07. The van der Waals surface area contributed by atoms with Gasteiger partial charge in [0.15, 0.2) is 0 Å². The van der Waals surface area contributed by atoms with E-state index < -0.39 is 16.4 Å². The van der Waals surface area contributed by atoms with E-state index in [-0.39, 0.29) is 11.1 Å². The van der Waals surface area contributed by atoms with Crippen molar-refractivity contribution in [3.05, 3.63) is 61.0 Å². The topological polar surface area (TPSA) is 111 Å². The maximum atomic E-state index is 12.8. The van der Waals surface area contributed by atoms with Gasteiger partial charge in [-0.15, -0.1) is 11.3 Å². The third-order valence-electron chi connectivity index (χ3n) is 4.42. The molecule has 0 atom stereocenters. The van der Waals surface area contributed by atoms with Crippen molar-refractivity contribution in [2.45, 2.75) is 25.7 Å². The molecule has 0 amide bonds. The van der Waals surface area contributed by atoms with Crippen LogP contribution in [0.25, 0.3) is 10.2 Å². The molecule has 0 radical (unpaired) electrons. The second kappa shape index (κ2) is 6.34. The molecule has 0 bridgehead atoms. The van der Waals surface area contributed by atoms with Gasteiger partial charge >= 0.3 is 5.69 Å². The van der Waals surface area contributed by atoms with Crippen molar-refractivity contribution in [2.75, 3.05) is 0 Å². The van der Waals surface area contributed by atoms with Crippen molar-refractivity contribution in [1.82, 2.24) is 9.66 Å². The standard InChI is InChI=1S/C17H14N4O4S/c22-15-10(4-3-6-12(15)21(24)25)8-19-20-9-18-16-14(17(20)23)11-5-1-2-7-13(11)26-16/h3-4,6,8-9,22H,1-2,5,7H2. The SMILES string of the molecule is O=c1c2c3c(sc2ncn1N=Cc1cccc([N+](=O)[O-])c1O)CCCC3. The summed E-state index contributed by atoms with van der Waals surface area (Å²) in [6.07, 6.45) is 6.57. The van der Waals surface area contributed by atoms with Crippen molar-refractivity contribution in [3.8, 4) is 5.75 Å². The average Bonchev–Trinajstić information content (AvgIpc) is 3.01. The fourth-order valence-electron chi connectivity index (χ4n) is 3.14. The zero-order valence-electron chi connectivity index (χ0n) is 13.6. The first-order valence-corrected chi connectivity index (χ1v) is 8.90. The smallest absolute Gasteiger partial charge is 0.311 e. The zero-order chi connectivity index (χ0) is 18.3. The number of nitro groups is 1. The molecule has 2 aromatic heterocycles. The molecule has 0 aliphatic heterocycles. The fraction of sp³-hybridized carbons (Fsp3) is 0.235. The highest BCUT2D eigenvalue weighted by Gasteiger charge is 2.20. The van der Waals surface area contributed by atoms with Crippen LogP contribution < -0.4 is 5.56 Å². The molecule has 1 aliphatic rings. The van der Waals surface area contributed by atoms with Crippen molar-refractivity contribution >= 4 is 33.5 Å². The van der Waals surface area contributed by atoms with Crippen LogP contribution in [0.2, 0.25) is 0 Å². The van der Waals surface area contributed by atoms with Crippen LogP contribution in [0, 0.1) is 10.1 Å². The number of para-hydroxylation sites is 1. The minimum Gasteiger partial charge on any atom is -0.502 e. The average molecular weight is 370 g/mol. The Morgan fingerprint density at radius 1 is 1.35 bits per heavy atom. The Balaban J connectivity index is 1.78. The lowest BCUT2D eigenvalue weighted by atomic mass is 9.97. The summed E-state index contributed by atoms with van der Waals surface area (Å²) in [4.78, 5) is 29.3. The number of phenolic OH excluding ortho intramolecular Hbond substituents is 1. The molecule has 4 rings (SSSR count). The monoisotopic (exact) mass is 370 g/mol. The number of nitrogens with zero attached hydrogens (tertiary/aromatic N) is 4. The second-order valence-electron chi connectivity index (χ2n) is 6.00. The van der Waals surface area contributed by atoms with Crippen LogP contribution in [0.5, 0.6) is 5.75 Å². The Bertz CT molecular complexity index is 1120. The van der Waals surface area contributed by atoms with E-state index in [2.05, 4.69) is 10.1 Å². The van der Waals surface area contributed by atoms with E-state index in [1.807, 2.05) is 0 Å². The van der Waals surface area contributed by atoms with E-state index in [9.17, 15) is 20.0 Å². The summed E-state index contributed by atoms with van der Waals surface area (Å²) in [6.45, 7) is 0. The molecule has 1 aromatic carbocycles. The van der Waals surface area contributed by atoms with Crippen LogP contribution in [0.15, 0.2) is 34.4 Å². The van der Waals surface area contributed by atoms with Crippen molar-refractivity contribution < 1.29 is 10.0 Å². The number of rotatable bonds is 3. The summed E-state index contributed by atoms with van der Waals surface area (Å²) < 4.78 is 1.10. The van der Waals surface area contributed by atoms with Gasteiger partial charge in [0, 0.05) is 16.5 Å². The molecule has 132 valence electrons. The molecule has 0 unspecified atom stereocenters. The Morgan fingerprint density at radius 2 is 2.15 bits per heavy atom. The highest BCUT2D eigenvalue weighted by atomic mass is 32.1. The number of aryl methyl sites for hydroxylation is 2. The van der Waals surface area contributed by atoms with E-state index >= 15 is 0 Å². The van der Waals surface area contributed by atoms with Crippen molar-refractivity contribution in [3.63, 3.8) is 0 Å². The molecule has 0 saturated carbocycles. The van der Waals surface area contributed by atoms with E-state index in [4.69, 9.17) is 0 Å². The van der Waals surface area contributed by atoms with Crippen LogP contribution in [0.4, 0.5) is 5.69 Å². The first-order chi connectivity index (χ1) is 12.6. The van der Waals surface area contributed by atoms with Crippen LogP contribution in [-0.2, 0) is 12.8 Å². The number of benzene rings is 1. The summed E-state index contributed by atoms with van der Waals surface area (Å²) in [7, 11) is 0. The van der Waals surface area contributed by atoms with Gasteiger partial charge in [0.1, 0.15) is 11.2 Å². The summed E-state index contributed by atoms with van der Waals surface area (Å²) in [5.74, 6) is -0.490. The van der Waals surface area contributed by atoms with Gasteiger partial charge in [-0.25, -0.2) is 4.98 Å². The lowest BCUT2D eigenvalue weighted by molar-refractivity contribution is -0.385. The molecular weight excluding hydrogens is 356 g/mol. The molecule has 1 N–H and O–H groups in total. The molecule has 26 heavy (non-hydrogen) atoms. The van der Waals surface area contributed by atoms with Gasteiger partial charge in [-0.3, -0.25) is 14.9 Å². The number of thiophene rings is 1. The molecule has 8 nitrogen and oxygen atoms in total. The largest absolute Gasteiger partial charge is 0.502 e. The number of hydrogen-bond acceptors (Lipinski definition) is 7. The molecule has 0 saturated heterocycles. The first-order valence-electron chi connectivity index (χ1n) is 8.09. The number of nitro benzene ring substituents is 1. The Morgan fingerprint density at radius 3 is 2.96 bits per heavy atom. The first kappa shape index (κ1) is 16.4. The zero-order valence-corrected chi connectivity index (χ0v) is 14.4. The maximum Gasteiger partial charge on any atom is 0.311 e. The lowest BCUT2D eigenvalue weighted by Crippen LogP contribution is -2.18. The lowest BCUT2D eigenvalue weighted by Gasteiger charge is -2.09. The highest BCUT2D eigenvalue weighted by molar-refractivity contribution is 7.18. The third kappa shape index (κ3) is 2.66. The maximum absolute atomic E-state index is 12.8. The number of fused-ring (bicyclic) bond motifs is 3. The molecular formula is C17H14N4O4S. The number of aromatic hydroxyl groups is 1. The van der Waals surface area contributed by atoms with Crippen LogP contribution in [0.3, 0.4) is 0 Å². The van der Waals surface area contributed by atoms with Crippen LogP contribution >= 0.6 is 11.3 Å². The van der Waals surface area contributed by atoms with Gasteiger partial charge in [-0.05, 0) is 37.3 Å².